The summed E-state index contributed by atoms with van der Waals surface area (Å²) < 4.78 is 0. The van der Waals surface area contributed by atoms with Gasteiger partial charge in [-0.1, -0.05) is 41.9 Å². The molecule has 0 radical (unpaired) electrons. The normalized spacial score (nSPS) is 11.7. The first-order valence-corrected chi connectivity index (χ1v) is 6.02. The van der Waals surface area contributed by atoms with E-state index in [0.717, 1.165) is 0 Å². The number of rotatable bonds is 4. The van der Waals surface area contributed by atoms with Crippen LogP contribution in [0.5, 0.6) is 0 Å². The minimum absolute atomic E-state index is 0.00317. The fourth-order valence-corrected chi connectivity index (χ4v) is 1.67. The number of benzene rings is 1. The van der Waals surface area contributed by atoms with Gasteiger partial charge >= 0.3 is 5.97 Å². The predicted octanol–water partition coefficient (Wildman–Crippen LogP) is 1.69. The summed E-state index contributed by atoms with van der Waals surface area (Å²) in [5.74, 6) is -1.79. The molecule has 20 heavy (non-hydrogen) atoms. The molecule has 2 aromatic rings. The number of carboxylic acid groups (broad SMARTS) is 1. The van der Waals surface area contributed by atoms with Crippen LogP contribution in [0.4, 0.5) is 0 Å². The highest BCUT2D eigenvalue weighted by Gasteiger charge is 2.23. The molecule has 0 saturated heterocycles. The molecular weight excluding hydrogens is 282 g/mol. The summed E-state index contributed by atoms with van der Waals surface area (Å²) in [4.78, 5) is 30.7. The van der Waals surface area contributed by atoms with Crippen molar-refractivity contribution in [1.82, 2.24) is 15.3 Å². The quantitative estimate of drug-likeness (QED) is 0.894. The topological polar surface area (TPSA) is 92.2 Å². The van der Waals surface area contributed by atoms with E-state index in [1.165, 1.54) is 12.4 Å². The van der Waals surface area contributed by atoms with E-state index >= 15 is 0 Å². The Morgan fingerprint density at radius 3 is 2.40 bits per heavy atom. The van der Waals surface area contributed by atoms with Crippen molar-refractivity contribution < 1.29 is 14.7 Å². The van der Waals surface area contributed by atoms with Gasteiger partial charge in [-0.25, -0.2) is 14.8 Å². The van der Waals surface area contributed by atoms with Gasteiger partial charge in [-0.05, 0) is 5.56 Å². The molecule has 1 atom stereocenters. The van der Waals surface area contributed by atoms with Gasteiger partial charge in [0.25, 0.3) is 5.91 Å². The van der Waals surface area contributed by atoms with Crippen LogP contribution in [0.3, 0.4) is 0 Å². The van der Waals surface area contributed by atoms with E-state index in [2.05, 4.69) is 15.3 Å². The summed E-state index contributed by atoms with van der Waals surface area (Å²) in [5.41, 5.74) is 0.465. The third-order valence-corrected chi connectivity index (χ3v) is 2.70. The van der Waals surface area contributed by atoms with Gasteiger partial charge in [-0.2, -0.15) is 0 Å². The fourth-order valence-electron chi connectivity index (χ4n) is 1.57. The number of hydrogen-bond acceptors (Lipinski definition) is 4. The second kappa shape index (κ2) is 6.12. The van der Waals surface area contributed by atoms with Crippen molar-refractivity contribution >= 4 is 23.5 Å². The summed E-state index contributed by atoms with van der Waals surface area (Å²) in [5, 5.41) is 11.7. The number of hydrogen-bond donors (Lipinski definition) is 2. The number of aromatic nitrogens is 2. The maximum atomic E-state index is 11.9. The van der Waals surface area contributed by atoms with Crippen LogP contribution in [-0.4, -0.2) is 27.0 Å². The number of nitrogens with one attached hydrogen (secondary N) is 1. The number of carbonyl (C=O) groups is 2. The van der Waals surface area contributed by atoms with Gasteiger partial charge in [0.1, 0.15) is 10.8 Å². The number of carboxylic acids is 1. The minimum Gasteiger partial charge on any atom is -0.479 e. The molecule has 0 saturated carbocycles. The minimum atomic E-state index is -1.16. The van der Waals surface area contributed by atoms with Gasteiger partial charge in [0, 0.05) is 0 Å². The molecule has 0 aliphatic heterocycles. The van der Waals surface area contributed by atoms with E-state index in [1.54, 1.807) is 30.3 Å². The van der Waals surface area contributed by atoms with Gasteiger partial charge in [-0.15, -0.1) is 0 Å². The maximum Gasteiger partial charge on any atom is 0.330 e. The van der Waals surface area contributed by atoms with Crippen LogP contribution in [-0.2, 0) is 4.79 Å². The molecule has 2 rings (SSSR count). The third kappa shape index (κ3) is 3.30. The zero-order valence-corrected chi connectivity index (χ0v) is 10.9. The Bertz CT molecular complexity index is 617. The molecule has 1 aromatic heterocycles. The number of aliphatic carboxylic acids is 1. The Balaban J connectivity index is 2.19. The molecule has 6 nitrogen and oxygen atoms in total. The first kappa shape index (κ1) is 14.0. The van der Waals surface area contributed by atoms with E-state index in [0.29, 0.717) is 5.56 Å². The second-order valence-electron chi connectivity index (χ2n) is 3.88. The average Bonchev–Trinajstić information content (AvgIpc) is 2.46. The molecule has 2 N–H and O–H groups in total. The van der Waals surface area contributed by atoms with Crippen LogP contribution >= 0.6 is 11.6 Å². The van der Waals surface area contributed by atoms with Crippen molar-refractivity contribution in [3.8, 4) is 0 Å². The monoisotopic (exact) mass is 291 g/mol. The fraction of sp³-hybridized carbons (Fsp3) is 0.0769. The van der Waals surface area contributed by atoms with E-state index < -0.39 is 17.9 Å². The van der Waals surface area contributed by atoms with E-state index in [4.69, 9.17) is 11.6 Å². The van der Waals surface area contributed by atoms with Gasteiger partial charge < -0.3 is 10.4 Å². The van der Waals surface area contributed by atoms with Gasteiger partial charge in [0.2, 0.25) is 0 Å². The van der Waals surface area contributed by atoms with Crippen molar-refractivity contribution in [3.05, 3.63) is 59.1 Å². The van der Waals surface area contributed by atoms with Crippen LogP contribution < -0.4 is 5.32 Å². The Hall–Kier alpha value is -2.47. The zero-order chi connectivity index (χ0) is 14.5. The van der Waals surface area contributed by atoms with Crippen molar-refractivity contribution in [3.63, 3.8) is 0 Å². The van der Waals surface area contributed by atoms with Gasteiger partial charge in [0.05, 0.1) is 12.4 Å². The summed E-state index contributed by atoms with van der Waals surface area (Å²) in [6.07, 6.45) is 2.40. The first-order valence-electron chi connectivity index (χ1n) is 5.64. The lowest BCUT2D eigenvalue weighted by Crippen LogP contribution is -2.34. The van der Waals surface area contributed by atoms with Crippen LogP contribution in [0.25, 0.3) is 0 Å². The Kier molecular flexibility index (Phi) is 4.27. The molecule has 102 valence electrons. The molecule has 1 aromatic carbocycles. The number of amides is 1. The largest absolute Gasteiger partial charge is 0.479 e. The van der Waals surface area contributed by atoms with Crippen LogP contribution in [0.15, 0.2) is 42.7 Å². The summed E-state index contributed by atoms with van der Waals surface area (Å²) in [7, 11) is 0. The molecule has 1 heterocycles. The molecule has 0 aliphatic carbocycles. The van der Waals surface area contributed by atoms with E-state index in [1.807, 2.05) is 0 Å². The third-order valence-electron chi connectivity index (χ3n) is 2.51. The van der Waals surface area contributed by atoms with Crippen LogP contribution in [0, 0.1) is 0 Å². The van der Waals surface area contributed by atoms with Crippen LogP contribution in [0.1, 0.15) is 22.1 Å². The second-order valence-corrected chi connectivity index (χ2v) is 4.27. The first-order chi connectivity index (χ1) is 9.58. The maximum absolute atomic E-state index is 11.9. The lowest BCUT2D eigenvalue weighted by Gasteiger charge is -2.14. The molecule has 0 unspecified atom stereocenters. The Labute approximate surface area is 119 Å². The van der Waals surface area contributed by atoms with Gasteiger partial charge in [0.15, 0.2) is 6.04 Å². The predicted molar refractivity (Wildman–Crippen MR) is 71.3 cm³/mol. The van der Waals surface area contributed by atoms with Crippen molar-refractivity contribution in [2.24, 2.45) is 0 Å². The lowest BCUT2D eigenvalue weighted by atomic mass is 10.1. The van der Waals surface area contributed by atoms with E-state index in [9.17, 15) is 14.7 Å². The highest BCUT2D eigenvalue weighted by molar-refractivity contribution is 6.29. The van der Waals surface area contributed by atoms with E-state index in [-0.39, 0.29) is 10.8 Å². The van der Waals surface area contributed by atoms with Crippen molar-refractivity contribution in [2.75, 3.05) is 0 Å². The number of carbonyl (C=O) groups excluding carboxylic acids is 1. The highest BCUT2D eigenvalue weighted by Crippen LogP contribution is 2.13. The molecule has 0 bridgehead atoms. The summed E-state index contributed by atoms with van der Waals surface area (Å²) >= 11 is 5.57. The molecule has 0 aliphatic rings. The van der Waals surface area contributed by atoms with Crippen molar-refractivity contribution in [1.29, 1.82) is 0 Å². The van der Waals surface area contributed by atoms with Crippen LogP contribution in [0.2, 0.25) is 5.15 Å². The Morgan fingerprint density at radius 2 is 1.85 bits per heavy atom. The zero-order valence-electron chi connectivity index (χ0n) is 10.2. The SMILES string of the molecule is O=C(N[C@@H](C(=O)O)c1ccccc1)c1cnc(Cl)cn1. The molecule has 0 spiro atoms. The average molecular weight is 292 g/mol. The summed E-state index contributed by atoms with van der Waals surface area (Å²) in [6.45, 7) is 0. The number of nitrogens with zero attached hydrogens (tertiary/aromatic N) is 2. The molecule has 7 heteroatoms. The standard InChI is InChI=1S/C13H10ClN3O3/c14-10-7-15-9(6-16-10)12(18)17-11(13(19)20)8-4-2-1-3-5-8/h1-7,11H,(H,17,18)(H,19,20)/t11-/m1/s1. The molecular formula is C13H10ClN3O3. The number of halogens is 1. The molecule has 0 fully saturated rings. The van der Waals surface area contributed by atoms with Gasteiger partial charge in [-0.3, -0.25) is 4.79 Å². The van der Waals surface area contributed by atoms with Crippen molar-refractivity contribution in [2.45, 2.75) is 6.04 Å². The molecule has 1 amide bonds. The smallest absolute Gasteiger partial charge is 0.330 e. The Morgan fingerprint density at radius 1 is 1.15 bits per heavy atom. The highest BCUT2D eigenvalue weighted by atomic mass is 35.5. The lowest BCUT2D eigenvalue weighted by molar-refractivity contribution is -0.139. The summed E-state index contributed by atoms with van der Waals surface area (Å²) in [6, 6.07) is 7.23.